The molecule has 3 aromatic rings. The smallest absolute Gasteiger partial charge is 0.345 e. The van der Waals surface area contributed by atoms with Crippen LogP contribution in [0.3, 0.4) is 0 Å². The molecule has 144 valence electrons. The van der Waals surface area contributed by atoms with Crippen LogP contribution in [0.2, 0.25) is 0 Å². The number of nitrogens with zero attached hydrogens (tertiary/aromatic N) is 5. The molecule has 4 heterocycles. The number of amides is 2. The van der Waals surface area contributed by atoms with Gasteiger partial charge in [-0.3, -0.25) is 4.40 Å². The summed E-state index contributed by atoms with van der Waals surface area (Å²) in [6.07, 6.45) is -0.290. The minimum Gasteiger partial charge on any atom is -0.345 e. The molecule has 11 heteroatoms. The second-order valence-electron chi connectivity index (χ2n) is 6.68. The third-order valence-electron chi connectivity index (χ3n) is 4.99. The van der Waals surface area contributed by atoms with Crippen LogP contribution >= 0.6 is 0 Å². The monoisotopic (exact) mass is 381 g/mol. The van der Waals surface area contributed by atoms with Crippen molar-refractivity contribution in [3.63, 3.8) is 0 Å². The highest BCUT2D eigenvalue weighted by Gasteiger charge is 2.39. The fraction of sp³-hybridized carbons (Fsp3) is 0.500. The molecule has 4 rings (SSSR count). The molecule has 0 aromatic carbocycles. The Hall–Kier alpha value is -2.85. The Balaban J connectivity index is 1.63. The van der Waals surface area contributed by atoms with E-state index in [1.54, 1.807) is 12.4 Å². The summed E-state index contributed by atoms with van der Waals surface area (Å²) in [5, 5.41) is 10.4. The minimum absolute atomic E-state index is 0.0798. The maximum absolute atomic E-state index is 12.4. The average molecular weight is 381 g/mol. The van der Waals surface area contributed by atoms with Gasteiger partial charge in [-0.1, -0.05) is 13.3 Å². The minimum atomic E-state index is -4.44. The van der Waals surface area contributed by atoms with Gasteiger partial charge in [0.25, 0.3) is 0 Å². The maximum Gasteiger partial charge on any atom is 0.405 e. The van der Waals surface area contributed by atoms with Gasteiger partial charge in [-0.15, -0.1) is 10.2 Å². The van der Waals surface area contributed by atoms with E-state index in [9.17, 15) is 18.0 Å². The lowest BCUT2D eigenvalue weighted by atomic mass is 9.93. The van der Waals surface area contributed by atoms with Crippen molar-refractivity contribution < 1.29 is 18.0 Å². The summed E-state index contributed by atoms with van der Waals surface area (Å²) in [7, 11) is 0. The summed E-state index contributed by atoms with van der Waals surface area (Å²) in [5.41, 5.74) is 2.10. The first-order valence-corrected chi connectivity index (χ1v) is 8.64. The topological polar surface area (TPSA) is 91.2 Å². The van der Waals surface area contributed by atoms with Gasteiger partial charge in [0.2, 0.25) is 0 Å². The first-order valence-electron chi connectivity index (χ1n) is 8.64. The molecular formula is C16H18F3N7O. The second kappa shape index (κ2) is 6.39. The van der Waals surface area contributed by atoms with Crippen LogP contribution < -0.4 is 5.32 Å². The number of rotatable bonds is 3. The van der Waals surface area contributed by atoms with E-state index in [1.807, 2.05) is 22.7 Å². The van der Waals surface area contributed by atoms with Crippen LogP contribution in [0.5, 0.6) is 0 Å². The molecule has 1 aliphatic heterocycles. The van der Waals surface area contributed by atoms with Crippen LogP contribution in [-0.2, 0) is 0 Å². The molecule has 1 aliphatic rings. The van der Waals surface area contributed by atoms with E-state index in [0.29, 0.717) is 23.7 Å². The highest BCUT2D eigenvalue weighted by atomic mass is 19.4. The molecule has 1 fully saturated rings. The van der Waals surface area contributed by atoms with Gasteiger partial charge in [0.1, 0.15) is 12.4 Å². The van der Waals surface area contributed by atoms with Crippen molar-refractivity contribution in [3.05, 3.63) is 24.3 Å². The van der Waals surface area contributed by atoms with Crippen LogP contribution in [0.4, 0.5) is 18.0 Å². The van der Waals surface area contributed by atoms with Gasteiger partial charge in [-0.05, 0) is 12.0 Å². The maximum atomic E-state index is 12.4. The molecule has 0 aliphatic carbocycles. The van der Waals surface area contributed by atoms with Crippen molar-refractivity contribution in [3.8, 4) is 0 Å². The Morgan fingerprint density at radius 1 is 1.37 bits per heavy atom. The van der Waals surface area contributed by atoms with Crippen LogP contribution in [0.1, 0.15) is 25.1 Å². The van der Waals surface area contributed by atoms with Crippen molar-refractivity contribution in [1.82, 2.24) is 34.8 Å². The Morgan fingerprint density at radius 3 is 2.93 bits per heavy atom. The highest BCUT2D eigenvalue weighted by molar-refractivity contribution is 5.75. The van der Waals surface area contributed by atoms with Crippen molar-refractivity contribution in [2.75, 3.05) is 19.6 Å². The van der Waals surface area contributed by atoms with Crippen molar-refractivity contribution in [2.45, 2.75) is 25.4 Å². The Kier molecular flexibility index (Phi) is 4.16. The first kappa shape index (κ1) is 17.6. The highest BCUT2D eigenvalue weighted by Crippen LogP contribution is 2.34. The lowest BCUT2D eigenvalue weighted by Gasteiger charge is -2.18. The number of hydrogen-bond acceptors (Lipinski definition) is 4. The third-order valence-corrected chi connectivity index (χ3v) is 4.99. The number of hydrogen-bond donors (Lipinski definition) is 2. The average Bonchev–Trinajstić information content (AvgIpc) is 3.33. The zero-order valence-electron chi connectivity index (χ0n) is 14.5. The van der Waals surface area contributed by atoms with Gasteiger partial charge in [-0.25, -0.2) is 9.78 Å². The fourth-order valence-electron chi connectivity index (χ4n) is 3.67. The molecule has 2 atom stereocenters. The molecule has 2 amide bonds. The number of likely N-dealkylation sites (tertiary alicyclic amines) is 1. The molecule has 3 aromatic heterocycles. The molecule has 0 bridgehead atoms. The summed E-state index contributed by atoms with van der Waals surface area (Å²) < 4.78 is 39.0. The van der Waals surface area contributed by atoms with Gasteiger partial charge in [0.05, 0.1) is 11.7 Å². The molecule has 0 saturated carbocycles. The molecule has 0 spiro atoms. The second-order valence-corrected chi connectivity index (χ2v) is 6.68. The molecule has 1 saturated heterocycles. The fourth-order valence-corrected chi connectivity index (χ4v) is 3.67. The van der Waals surface area contributed by atoms with Gasteiger partial charge in [0.15, 0.2) is 11.3 Å². The summed E-state index contributed by atoms with van der Waals surface area (Å²) >= 11 is 0. The third kappa shape index (κ3) is 3.17. The van der Waals surface area contributed by atoms with E-state index in [-0.39, 0.29) is 18.4 Å². The molecule has 2 N–H and O–H groups in total. The summed E-state index contributed by atoms with van der Waals surface area (Å²) in [4.78, 5) is 20.9. The van der Waals surface area contributed by atoms with Crippen molar-refractivity contribution in [2.24, 2.45) is 5.92 Å². The zero-order valence-corrected chi connectivity index (χ0v) is 14.5. The Labute approximate surface area is 151 Å². The predicted octanol–water partition coefficient (Wildman–Crippen LogP) is 2.30. The number of fused-ring (bicyclic) bond motifs is 3. The number of carbonyl (C=O) groups is 1. The van der Waals surface area contributed by atoms with Crippen LogP contribution in [0.15, 0.2) is 18.5 Å². The van der Waals surface area contributed by atoms with Gasteiger partial charge in [-0.2, -0.15) is 13.2 Å². The summed E-state index contributed by atoms with van der Waals surface area (Å²) in [5.74, 6) is 0.647. The number of aromatic amines is 1. The van der Waals surface area contributed by atoms with Crippen molar-refractivity contribution >= 4 is 22.8 Å². The summed E-state index contributed by atoms with van der Waals surface area (Å²) in [6.45, 7) is 1.32. The molecule has 8 nitrogen and oxygen atoms in total. The van der Waals surface area contributed by atoms with Crippen LogP contribution in [-0.4, -0.2) is 61.3 Å². The largest absolute Gasteiger partial charge is 0.405 e. The molecule has 27 heavy (non-hydrogen) atoms. The standard InChI is InChI=1S/C16H18F3N7O/c1-2-9-6-25(15(27)22-8-16(17,18)19)7-10(9)14-24-23-12-5-21-13-11(26(12)14)3-4-20-13/h3-5,9-10,20H,2,6-8H2,1H3,(H,22,27)/t9?,10-/m1/s1. The van der Waals surface area contributed by atoms with Gasteiger partial charge < -0.3 is 15.2 Å². The van der Waals surface area contributed by atoms with E-state index >= 15 is 0 Å². The number of carbonyl (C=O) groups excluding carboxylic acids is 1. The number of H-pyrrole nitrogens is 1. The van der Waals surface area contributed by atoms with Gasteiger partial charge in [0, 0.05) is 25.2 Å². The predicted molar refractivity (Wildman–Crippen MR) is 90.2 cm³/mol. The first-order chi connectivity index (χ1) is 12.9. The van der Waals surface area contributed by atoms with Crippen LogP contribution in [0, 0.1) is 5.92 Å². The molecular weight excluding hydrogens is 363 g/mol. The number of urea groups is 1. The molecule has 0 radical (unpaired) electrons. The van der Waals surface area contributed by atoms with E-state index in [1.165, 1.54) is 4.90 Å². The summed E-state index contributed by atoms with van der Waals surface area (Å²) in [6, 6.07) is 1.15. The normalized spacial score (nSPS) is 20.7. The van der Waals surface area contributed by atoms with E-state index < -0.39 is 18.8 Å². The Morgan fingerprint density at radius 2 is 2.19 bits per heavy atom. The Bertz CT molecular complexity index is 979. The zero-order chi connectivity index (χ0) is 19.2. The number of alkyl halides is 3. The number of halogens is 3. The molecule has 1 unspecified atom stereocenters. The van der Waals surface area contributed by atoms with E-state index in [2.05, 4.69) is 20.2 Å². The van der Waals surface area contributed by atoms with Gasteiger partial charge >= 0.3 is 12.2 Å². The number of nitrogens with one attached hydrogen (secondary N) is 2. The lowest BCUT2D eigenvalue weighted by Crippen LogP contribution is -2.42. The lowest BCUT2D eigenvalue weighted by molar-refractivity contribution is -0.123. The SMILES string of the molecule is CCC1CN(C(=O)NCC(F)(F)F)C[C@H]1c1nnc2cnc3[nH]ccc3n12. The quantitative estimate of drug-likeness (QED) is 0.728. The van der Waals surface area contributed by atoms with Crippen LogP contribution in [0.25, 0.3) is 16.8 Å². The number of aromatic nitrogens is 5. The van der Waals surface area contributed by atoms with E-state index in [4.69, 9.17) is 0 Å². The van der Waals surface area contributed by atoms with E-state index in [0.717, 1.165) is 11.9 Å². The van der Waals surface area contributed by atoms with Crippen molar-refractivity contribution in [1.29, 1.82) is 0 Å².